The van der Waals surface area contributed by atoms with Crippen LogP contribution in [-0.4, -0.2) is 28.8 Å². The predicted molar refractivity (Wildman–Crippen MR) is 94.0 cm³/mol. The quantitative estimate of drug-likeness (QED) is 0.798. The molecule has 0 atom stereocenters. The second-order valence-electron chi connectivity index (χ2n) is 5.61. The second kappa shape index (κ2) is 6.80. The Labute approximate surface area is 145 Å². The van der Waals surface area contributed by atoms with Crippen molar-refractivity contribution in [2.75, 3.05) is 18.0 Å². The van der Waals surface area contributed by atoms with Gasteiger partial charge in [-0.3, -0.25) is 0 Å². The van der Waals surface area contributed by atoms with Gasteiger partial charge in [-0.2, -0.15) is 0 Å². The number of benzene rings is 1. The maximum atomic E-state index is 10.6. The molecule has 1 aromatic carbocycles. The van der Waals surface area contributed by atoms with Crippen LogP contribution in [0, 0.1) is 11.8 Å². The Bertz CT molecular complexity index is 742. The van der Waals surface area contributed by atoms with Crippen molar-refractivity contribution in [3.8, 4) is 11.8 Å². The highest BCUT2D eigenvalue weighted by atomic mass is 35.5. The molecule has 23 heavy (non-hydrogen) atoms. The Hall–Kier alpha value is -1.73. The second-order valence-corrected chi connectivity index (χ2v) is 6.49. The number of pyridine rings is 1. The van der Waals surface area contributed by atoms with Crippen molar-refractivity contribution in [3.05, 3.63) is 58.2 Å². The molecule has 3 rings (SSSR count). The van der Waals surface area contributed by atoms with Gasteiger partial charge < -0.3 is 10.0 Å². The van der Waals surface area contributed by atoms with Crippen molar-refractivity contribution in [1.82, 2.24) is 4.98 Å². The highest BCUT2D eigenvalue weighted by Crippen LogP contribution is 2.25. The summed E-state index contributed by atoms with van der Waals surface area (Å²) < 4.78 is 0. The molecule has 2 heterocycles. The highest BCUT2D eigenvalue weighted by Gasteiger charge is 2.30. The van der Waals surface area contributed by atoms with E-state index in [9.17, 15) is 5.11 Å². The molecule has 0 bridgehead atoms. The molecule has 1 N–H and O–H groups in total. The van der Waals surface area contributed by atoms with Crippen molar-refractivity contribution in [1.29, 1.82) is 0 Å². The third kappa shape index (κ3) is 4.17. The first-order valence-electron chi connectivity index (χ1n) is 7.42. The van der Waals surface area contributed by atoms with Gasteiger partial charge in [0.1, 0.15) is 11.4 Å². The lowest BCUT2D eigenvalue weighted by Gasteiger charge is -2.35. The lowest BCUT2D eigenvalue weighted by atomic mass is 9.91. The first kappa shape index (κ1) is 16.1. The number of hydrogen-bond acceptors (Lipinski definition) is 3. The third-order valence-corrected chi connectivity index (χ3v) is 4.35. The number of piperidine rings is 1. The van der Waals surface area contributed by atoms with Crippen molar-refractivity contribution in [2.24, 2.45) is 0 Å². The maximum absolute atomic E-state index is 10.6. The summed E-state index contributed by atoms with van der Waals surface area (Å²) in [7, 11) is 0. The average molecular weight is 347 g/mol. The van der Waals surface area contributed by atoms with Crippen LogP contribution < -0.4 is 4.90 Å². The van der Waals surface area contributed by atoms with Gasteiger partial charge in [-0.15, -0.1) is 0 Å². The summed E-state index contributed by atoms with van der Waals surface area (Å²) in [6.07, 6.45) is 2.78. The molecule has 3 nitrogen and oxygen atoms in total. The van der Waals surface area contributed by atoms with Gasteiger partial charge >= 0.3 is 0 Å². The molecule has 0 saturated carbocycles. The summed E-state index contributed by atoms with van der Waals surface area (Å²) in [6, 6.07) is 11.1. The summed E-state index contributed by atoms with van der Waals surface area (Å²) in [5, 5.41) is 11.9. The van der Waals surface area contributed by atoms with Gasteiger partial charge in [-0.25, -0.2) is 4.98 Å². The van der Waals surface area contributed by atoms with Crippen LogP contribution in [0.5, 0.6) is 0 Å². The molecule has 1 aromatic heterocycles. The first-order chi connectivity index (χ1) is 11.0. The molecule has 1 aliphatic heterocycles. The van der Waals surface area contributed by atoms with Gasteiger partial charge in [0, 0.05) is 42.7 Å². The van der Waals surface area contributed by atoms with Gasteiger partial charge in [-0.05, 0) is 30.3 Å². The van der Waals surface area contributed by atoms with Crippen molar-refractivity contribution < 1.29 is 5.11 Å². The van der Waals surface area contributed by atoms with Gasteiger partial charge in [-0.1, -0.05) is 41.1 Å². The fourth-order valence-electron chi connectivity index (χ4n) is 2.54. The van der Waals surface area contributed by atoms with E-state index in [1.54, 1.807) is 18.3 Å². The summed E-state index contributed by atoms with van der Waals surface area (Å²) in [5.41, 5.74) is -0.154. The Kier molecular flexibility index (Phi) is 4.77. The fraction of sp³-hybridized carbons (Fsp3) is 0.278. The monoisotopic (exact) mass is 346 g/mol. The zero-order chi connectivity index (χ0) is 16.3. The number of hydrogen-bond donors (Lipinski definition) is 1. The zero-order valence-corrected chi connectivity index (χ0v) is 14.0. The molecule has 0 unspecified atom stereocenters. The molecule has 0 amide bonds. The van der Waals surface area contributed by atoms with Gasteiger partial charge in [0.05, 0.1) is 5.02 Å². The smallest absolute Gasteiger partial charge is 0.129 e. The number of nitrogens with zero attached hydrogens (tertiary/aromatic N) is 2. The van der Waals surface area contributed by atoms with E-state index in [-0.39, 0.29) is 0 Å². The predicted octanol–water partition coefficient (Wildman–Crippen LogP) is 3.77. The molecule has 1 aliphatic rings. The molecule has 0 radical (unpaired) electrons. The van der Waals surface area contributed by atoms with Crippen LogP contribution in [0.4, 0.5) is 5.82 Å². The number of rotatable bonds is 1. The molecule has 1 saturated heterocycles. The van der Waals surface area contributed by atoms with Crippen LogP contribution in [0.15, 0.2) is 42.6 Å². The number of aromatic nitrogens is 1. The van der Waals surface area contributed by atoms with Gasteiger partial charge in [0.25, 0.3) is 0 Å². The lowest BCUT2D eigenvalue weighted by molar-refractivity contribution is 0.0745. The standard InChI is InChI=1S/C18H16Cl2N2O/c19-15-3-1-2-14(12-15)6-7-18(23)8-10-22(11-9-18)17-5-4-16(20)13-21-17/h1-5,12-13,23H,8-11H2. The minimum absolute atomic E-state index is 0.574. The third-order valence-electron chi connectivity index (χ3n) is 3.89. The molecule has 1 fully saturated rings. The van der Waals surface area contributed by atoms with Crippen LogP contribution in [0.3, 0.4) is 0 Å². The molecule has 2 aromatic rings. The van der Waals surface area contributed by atoms with Crippen LogP contribution in [0.1, 0.15) is 18.4 Å². The van der Waals surface area contributed by atoms with E-state index >= 15 is 0 Å². The molecular weight excluding hydrogens is 331 g/mol. The summed E-state index contributed by atoms with van der Waals surface area (Å²) in [4.78, 5) is 6.45. The fourth-order valence-corrected chi connectivity index (χ4v) is 2.84. The lowest BCUT2D eigenvalue weighted by Crippen LogP contribution is -2.43. The van der Waals surface area contributed by atoms with E-state index in [4.69, 9.17) is 23.2 Å². The SMILES string of the molecule is OC1(C#Cc2cccc(Cl)c2)CCN(c2ccc(Cl)cn2)CC1. The van der Waals surface area contributed by atoms with Crippen molar-refractivity contribution in [2.45, 2.75) is 18.4 Å². The Morgan fingerprint density at radius 2 is 1.87 bits per heavy atom. The normalized spacial score (nSPS) is 16.6. The molecule has 0 spiro atoms. The molecule has 5 heteroatoms. The van der Waals surface area contributed by atoms with E-state index in [1.807, 2.05) is 24.3 Å². The van der Waals surface area contributed by atoms with E-state index in [0.717, 1.165) is 11.4 Å². The number of halogens is 2. The van der Waals surface area contributed by atoms with Crippen LogP contribution in [0.2, 0.25) is 10.0 Å². The van der Waals surface area contributed by atoms with Gasteiger partial charge in [0.2, 0.25) is 0 Å². The zero-order valence-electron chi connectivity index (χ0n) is 12.5. The molecular formula is C18H16Cl2N2O. The molecule has 118 valence electrons. The summed E-state index contributed by atoms with van der Waals surface area (Å²) in [6.45, 7) is 1.41. The van der Waals surface area contributed by atoms with Crippen molar-refractivity contribution in [3.63, 3.8) is 0 Å². The summed E-state index contributed by atoms with van der Waals surface area (Å²) >= 11 is 11.8. The van der Waals surface area contributed by atoms with E-state index in [2.05, 4.69) is 21.7 Å². The highest BCUT2D eigenvalue weighted by molar-refractivity contribution is 6.30. The minimum Gasteiger partial charge on any atom is -0.377 e. The Morgan fingerprint density at radius 1 is 1.09 bits per heavy atom. The van der Waals surface area contributed by atoms with Crippen LogP contribution in [-0.2, 0) is 0 Å². The Balaban J connectivity index is 1.67. The largest absolute Gasteiger partial charge is 0.377 e. The van der Waals surface area contributed by atoms with Crippen molar-refractivity contribution >= 4 is 29.0 Å². The van der Waals surface area contributed by atoms with E-state index in [1.165, 1.54) is 0 Å². The Morgan fingerprint density at radius 3 is 2.52 bits per heavy atom. The number of anilines is 1. The number of aliphatic hydroxyl groups is 1. The maximum Gasteiger partial charge on any atom is 0.129 e. The minimum atomic E-state index is -0.967. The molecule has 0 aliphatic carbocycles. The van der Waals surface area contributed by atoms with Gasteiger partial charge in [0.15, 0.2) is 0 Å². The summed E-state index contributed by atoms with van der Waals surface area (Å²) in [5.74, 6) is 6.90. The van der Waals surface area contributed by atoms with E-state index in [0.29, 0.717) is 36.0 Å². The first-order valence-corrected chi connectivity index (χ1v) is 8.17. The van der Waals surface area contributed by atoms with Crippen LogP contribution in [0.25, 0.3) is 0 Å². The average Bonchev–Trinajstić information content (AvgIpc) is 2.55. The van der Waals surface area contributed by atoms with E-state index < -0.39 is 5.60 Å². The van der Waals surface area contributed by atoms with Crippen LogP contribution >= 0.6 is 23.2 Å². The topological polar surface area (TPSA) is 36.4 Å².